The lowest BCUT2D eigenvalue weighted by Crippen LogP contribution is -2.28. The molecule has 1 aliphatic heterocycles. The zero-order valence-electron chi connectivity index (χ0n) is 25.7. The molecule has 0 saturated carbocycles. The number of carboxylic acid groups (broad SMARTS) is 1. The summed E-state index contributed by atoms with van der Waals surface area (Å²) in [5.74, 6) is -0.883. The van der Waals surface area contributed by atoms with Crippen molar-refractivity contribution < 1.29 is 32.9 Å². The number of aromatic nitrogens is 1. The minimum atomic E-state index is -1.25. The van der Waals surface area contributed by atoms with E-state index in [-0.39, 0.29) is 13.0 Å². The van der Waals surface area contributed by atoms with Crippen LogP contribution < -0.4 is 9.47 Å². The molecule has 1 aromatic heterocycles. The van der Waals surface area contributed by atoms with Crippen LogP contribution in [0.4, 0.5) is 8.78 Å². The van der Waals surface area contributed by atoms with Gasteiger partial charge in [-0.1, -0.05) is 24.3 Å². The van der Waals surface area contributed by atoms with Gasteiger partial charge in [-0.25, -0.2) is 13.6 Å². The van der Waals surface area contributed by atoms with E-state index in [4.69, 9.17) is 19.2 Å². The number of nitrogens with zero attached hydrogens (tertiary/aromatic N) is 1. The fourth-order valence-corrected chi connectivity index (χ4v) is 5.66. The molecule has 0 radical (unpaired) electrons. The Balaban J connectivity index is 1.57. The highest BCUT2D eigenvalue weighted by Gasteiger charge is 2.33. The highest BCUT2D eigenvalue weighted by molar-refractivity contribution is 5.91. The Kier molecular flexibility index (Phi) is 9.02. The Labute approximate surface area is 256 Å². The number of halogens is 2. The fourth-order valence-electron chi connectivity index (χ4n) is 5.66. The van der Waals surface area contributed by atoms with Crippen LogP contribution in [-0.2, 0) is 22.4 Å². The van der Waals surface area contributed by atoms with Gasteiger partial charge in [-0.3, -0.25) is 4.98 Å². The first-order valence-electron chi connectivity index (χ1n) is 14.8. The van der Waals surface area contributed by atoms with Gasteiger partial charge in [0.25, 0.3) is 0 Å². The molecule has 1 aliphatic rings. The second-order valence-corrected chi connectivity index (χ2v) is 12.0. The van der Waals surface area contributed by atoms with Crippen LogP contribution in [0.1, 0.15) is 61.4 Å². The molecule has 4 aromatic rings. The number of aryl methyl sites for hydroxylation is 3. The quantitative estimate of drug-likeness (QED) is 0.208. The zero-order valence-corrected chi connectivity index (χ0v) is 25.7. The molecule has 2 heterocycles. The Morgan fingerprint density at radius 3 is 2.39 bits per heavy atom. The first-order valence-corrected chi connectivity index (χ1v) is 14.8. The molecule has 8 heteroatoms. The molecule has 1 atom stereocenters. The van der Waals surface area contributed by atoms with Crippen molar-refractivity contribution in [2.24, 2.45) is 0 Å². The van der Waals surface area contributed by atoms with E-state index in [1.54, 1.807) is 0 Å². The lowest BCUT2D eigenvalue weighted by atomic mass is 9.85. The monoisotopic (exact) mass is 601 g/mol. The summed E-state index contributed by atoms with van der Waals surface area (Å²) in [6.45, 7) is 10.1. The van der Waals surface area contributed by atoms with Crippen molar-refractivity contribution in [2.45, 2.75) is 65.6 Å². The SMILES string of the molecule is Cc1nc(C)c(C(OC(C)(C)C)C(=O)O)c(-c2ccc3c(c2)CCCO3)c1-c1ccc(OCCc2ccc(F)cc2F)cc1. The maximum absolute atomic E-state index is 14.0. The smallest absolute Gasteiger partial charge is 0.337 e. The molecule has 44 heavy (non-hydrogen) atoms. The number of fused-ring (bicyclic) bond motifs is 1. The number of aliphatic carboxylic acids is 1. The van der Waals surface area contributed by atoms with Crippen LogP contribution in [0.3, 0.4) is 0 Å². The first kappa shape index (κ1) is 31.1. The molecule has 1 unspecified atom stereocenters. The van der Waals surface area contributed by atoms with Crippen LogP contribution in [-0.4, -0.2) is 34.9 Å². The fraction of sp³-hybridized carbons (Fsp3) is 0.333. The van der Waals surface area contributed by atoms with Gasteiger partial charge < -0.3 is 19.3 Å². The van der Waals surface area contributed by atoms with Gasteiger partial charge in [0.05, 0.1) is 18.8 Å². The van der Waals surface area contributed by atoms with Gasteiger partial charge >= 0.3 is 5.97 Å². The van der Waals surface area contributed by atoms with E-state index < -0.39 is 29.3 Å². The molecule has 0 bridgehead atoms. The average Bonchev–Trinajstić information content (AvgIpc) is 2.96. The number of benzene rings is 3. The Hall–Kier alpha value is -4.30. The van der Waals surface area contributed by atoms with Gasteiger partial charge in [-0.2, -0.15) is 0 Å². The van der Waals surface area contributed by atoms with Crippen LogP contribution in [0.15, 0.2) is 60.7 Å². The summed E-state index contributed by atoms with van der Waals surface area (Å²) in [4.78, 5) is 17.5. The molecule has 0 saturated heterocycles. The maximum atomic E-state index is 14.0. The molecular formula is C36H37F2NO5. The third kappa shape index (κ3) is 6.91. The van der Waals surface area contributed by atoms with Gasteiger partial charge in [-0.05, 0) is 106 Å². The standard InChI is InChI=1S/C36H37F2NO5/c1-21-31(24-9-13-28(14-10-24)42-18-16-23-8-12-27(37)20-29(23)38)33(26-11-15-30-25(19-26)7-6-17-43-30)32(22(2)39-21)34(35(40)41)44-36(3,4)5/h8-15,19-20,34H,6-7,16-18H2,1-5H3,(H,40,41). The Morgan fingerprint density at radius 1 is 0.977 bits per heavy atom. The number of carbonyl (C=O) groups is 1. The van der Waals surface area contributed by atoms with E-state index in [0.717, 1.165) is 58.2 Å². The molecule has 0 spiro atoms. The largest absolute Gasteiger partial charge is 0.493 e. The van der Waals surface area contributed by atoms with Crippen molar-refractivity contribution in [2.75, 3.05) is 13.2 Å². The maximum Gasteiger partial charge on any atom is 0.337 e. The van der Waals surface area contributed by atoms with Gasteiger partial charge in [-0.15, -0.1) is 0 Å². The van der Waals surface area contributed by atoms with E-state index in [9.17, 15) is 18.7 Å². The van der Waals surface area contributed by atoms with E-state index >= 15 is 0 Å². The van der Waals surface area contributed by atoms with Crippen LogP contribution in [0.2, 0.25) is 0 Å². The Bertz CT molecular complexity index is 1680. The van der Waals surface area contributed by atoms with Crippen LogP contribution in [0.25, 0.3) is 22.3 Å². The van der Waals surface area contributed by atoms with Gasteiger partial charge in [0, 0.05) is 35.0 Å². The number of ether oxygens (including phenoxy) is 3. The first-order chi connectivity index (χ1) is 20.9. The number of rotatable bonds is 9. The number of hydrogen-bond donors (Lipinski definition) is 1. The van der Waals surface area contributed by atoms with Crippen molar-refractivity contribution >= 4 is 5.97 Å². The van der Waals surface area contributed by atoms with Gasteiger partial charge in [0.15, 0.2) is 6.10 Å². The molecule has 230 valence electrons. The van der Waals surface area contributed by atoms with Gasteiger partial charge in [0.2, 0.25) is 0 Å². The van der Waals surface area contributed by atoms with Gasteiger partial charge in [0.1, 0.15) is 23.1 Å². The predicted molar refractivity (Wildman–Crippen MR) is 165 cm³/mol. The second kappa shape index (κ2) is 12.7. The topological polar surface area (TPSA) is 77.9 Å². The second-order valence-electron chi connectivity index (χ2n) is 12.0. The van der Waals surface area contributed by atoms with Crippen molar-refractivity contribution in [1.82, 2.24) is 4.98 Å². The summed E-state index contributed by atoms with van der Waals surface area (Å²) >= 11 is 0. The average molecular weight is 602 g/mol. The molecule has 0 amide bonds. The summed E-state index contributed by atoms with van der Waals surface area (Å²) in [5.41, 5.74) is 5.80. The van der Waals surface area contributed by atoms with Crippen LogP contribution in [0, 0.1) is 25.5 Å². The molecular weight excluding hydrogens is 564 g/mol. The highest BCUT2D eigenvalue weighted by atomic mass is 19.1. The van der Waals surface area contributed by atoms with Crippen molar-refractivity contribution in [3.63, 3.8) is 0 Å². The number of carboxylic acids is 1. The molecule has 0 aliphatic carbocycles. The molecule has 3 aromatic carbocycles. The Morgan fingerprint density at radius 2 is 1.70 bits per heavy atom. The van der Waals surface area contributed by atoms with Crippen molar-refractivity contribution in [3.8, 4) is 33.8 Å². The summed E-state index contributed by atoms with van der Waals surface area (Å²) in [6.07, 6.45) is 0.809. The third-order valence-corrected chi connectivity index (χ3v) is 7.56. The summed E-state index contributed by atoms with van der Waals surface area (Å²) in [5, 5.41) is 10.4. The minimum absolute atomic E-state index is 0.212. The van der Waals surface area contributed by atoms with E-state index in [2.05, 4.69) is 6.07 Å². The number of pyridine rings is 1. The van der Waals surface area contributed by atoms with Crippen molar-refractivity contribution in [1.29, 1.82) is 0 Å². The lowest BCUT2D eigenvalue weighted by molar-refractivity contribution is -0.160. The minimum Gasteiger partial charge on any atom is -0.493 e. The van der Waals surface area contributed by atoms with Crippen LogP contribution in [0.5, 0.6) is 11.5 Å². The molecule has 6 nitrogen and oxygen atoms in total. The normalized spacial score (nSPS) is 13.6. The predicted octanol–water partition coefficient (Wildman–Crippen LogP) is 8.20. The summed E-state index contributed by atoms with van der Waals surface area (Å²) < 4.78 is 45.2. The van der Waals surface area contributed by atoms with E-state index in [0.29, 0.717) is 29.2 Å². The number of hydrogen-bond acceptors (Lipinski definition) is 5. The summed E-state index contributed by atoms with van der Waals surface area (Å²) in [6, 6.07) is 17.0. The van der Waals surface area contributed by atoms with E-state index in [1.807, 2.05) is 71.0 Å². The highest BCUT2D eigenvalue weighted by Crippen LogP contribution is 2.44. The van der Waals surface area contributed by atoms with E-state index in [1.165, 1.54) is 12.1 Å². The molecule has 5 rings (SSSR count). The van der Waals surface area contributed by atoms with Crippen molar-refractivity contribution in [3.05, 3.63) is 100 Å². The van der Waals surface area contributed by atoms with Crippen LogP contribution >= 0.6 is 0 Å². The zero-order chi connectivity index (χ0) is 31.6. The third-order valence-electron chi connectivity index (χ3n) is 7.56. The summed E-state index contributed by atoms with van der Waals surface area (Å²) in [7, 11) is 0. The molecule has 1 N–H and O–H groups in total. The lowest BCUT2D eigenvalue weighted by Gasteiger charge is -2.29. The molecule has 0 fully saturated rings.